The number of hydrogen-bond donors (Lipinski definition) is 0. The van der Waals surface area contributed by atoms with Gasteiger partial charge in [0.1, 0.15) is 11.9 Å². The Hall–Kier alpha value is -2.66. The molecule has 3 aromatic rings. The predicted molar refractivity (Wildman–Crippen MR) is 117 cm³/mol. The number of nitriles is 1. The van der Waals surface area contributed by atoms with Crippen LogP contribution >= 0.6 is 23.8 Å². The van der Waals surface area contributed by atoms with Crippen LogP contribution in [0.1, 0.15) is 11.1 Å². The molecular weight excluding hydrogens is 404 g/mol. The summed E-state index contributed by atoms with van der Waals surface area (Å²) in [6.45, 7) is 6.14. The van der Waals surface area contributed by atoms with Crippen molar-refractivity contribution >= 4 is 29.6 Å². The van der Waals surface area contributed by atoms with Crippen molar-refractivity contribution in [3.05, 3.63) is 69.8 Å². The second-order valence-electron chi connectivity index (χ2n) is 7.04. The molecule has 0 unspecified atom stereocenters. The van der Waals surface area contributed by atoms with E-state index in [2.05, 4.69) is 25.4 Å². The van der Waals surface area contributed by atoms with E-state index in [-0.39, 0.29) is 0 Å². The third-order valence-corrected chi connectivity index (χ3v) is 6.12. The lowest BCUT2D eigenvalue weighted by Gasteiger charge is -2.35. The van der Waals surface area contributed by atoms with Gasteiger partial charge in [0.15, 0.2) is 4.77 Å². The Bertz CT molecular complexity index is 1120. The van der Waals surface area contributed by atoms with Gasteiger partial charge in [0.05, 0.1) is 17.9 Å². The number of halogens is 1. The first kappa shape index (κ1) is 19.6. The number of benzene rings is 1. The second-order valence-corrected chi connectivity index (χ2v) is 7.81. The highest BCUT2D eigenvalue weighted by Gasteiger charge is 2.20. The van der Waals surface area contributed by atoms with Crippen LogP contribution in [0.4, 0.5) is 5.82 Å². The molecule has 0 spiro atoms. The van der Waals surface area contributed by atoms with Gasteiger partial charge in [-0.3, -0.25) is 9.47 Å². The van der Waals surface area contributed by atoms with E-state index in [1.165, 1.54) is 0 Å². The normalized spacial score (nSPS) is 14.7. The summed E-state index contributed by atoms with van der Waals surface area (Å²) in [7, 11) is 0. The number of pyridine rings is 1. The summed E-state index contributed by atoms with van der Waals surface area (Å²) in [6.07, 6.45) is 5.74. The molecule has 0 radical (unpaired) electrons. The van der Waals surface area contributed by atoms with Crippen molar-refractivity contribution in [2.24, 2.45) is 0 Å². The number of anilines is 1. The fraction of sp³-hybridized carbons (Fsp3) is 0.286. The molecule has 0 atom stereocenters. The van der Waals surface area contributed by atoms with E-state index in [9.17, 15) is 5.26 Å². The number of imidazole rings is 1. The molecule has 1 aromatic carbocycles. The zero-order valence-electron chi connectivity index (χ0n) is 16.1. The SMILES string of the molecule is Cc1c(Cl)cccc1-n1ccn(CN2CCN(c3ncccc3C#N)CC2)c1=S. The van der Waals surface area contributed by atoms with E-state index in [1.807, 2.05) is 48.1 Å². The van der Waals surface area contributed by atoms with E-state index in [1.54, 1.807) is 12.3 Å². The highest BCUT2D eigenvalue weighted by atomic mass is 35.5. The van der Waals surface area contributed by atoms with Crippen molar-refractivity contribution in [1.82, 2.24) is 19.0 Å². The molecule has 1 fully saturated rings. The van der Waals surface area contributed by atoms with Gasteiger partial charge in [0.2, 0.25) is 0 Å². The Morgan fingerprint density at radius 1 is 1.14 bits per heavy atom. The topological polar surface area (TPSA) is 53.0 Å². The van der Waals surface area contributed by atoms with Crippen molar-refractivity contribution in [3.63, 3.8) is 0 Å². The fourth-order valence-electron chi connectivity index (χ4n) is 3.61. The van der Waals surface area contributed by atoms with Crippen molar-refractivity contribution < 1.29 is 0 Å². The molecule has 1 aliphatic rings. The molecule has 0 saturated carbocycles. The van der Waals surface area contributed by atoms with E-state index < -0.39 is 0 Å². The smallest absolute Gasteiger partial charge is 0.185 e. The molecule has 0 N–H and O–H groups in total. The van der Waals surface area contributed by atoms with E-state index in [0.29, 0.717) is 5.56 Å². The van der Waals surface area contributed by atoms with Crippen LogP contribution in [0, 0.1) is 23.0 Å². The third-order valence-electron chi connectivity index (χ3n) is 5.28. The lowest BCUT2D eigenvalue weighted by Crippen LogP contribution is -2.47. The maximum Gasteiger partial charge on any atom is 0.185 e. The molecule has 0 bridgehead atoms. The van der Waals surface area contributed by atoms with Crippen LogP contribution in [0.2, 0.25) is 5.02 Å². The van der Waals surface area contributed by atoms with Crippen LogP contribution in [-0.2, 0) is 6.67 Å². The average molecular weight is 425 g/mol. The zero-order chi connectivity index (χ0) is 20.4. The Kier molecular flexibility index (Phi) is 5.67. The van der Waals surface area contributed by atoms with Gasteiger partial charge < -0.3 is 9.47 Å². The molecule has 8 heteroatoms. The standard InChI is InChI=1S/C21H21ClN6S/c1-16-18(22)5-2-6-19(16)28-13-12-27(21(28)29)15-25-8-10-26(11-9-25)20-17(14-23)4-3-7-24-20/h2-7,12-13H,8-11,15H2,1H3. The van der Waals surface area contributed by atoms with Crippen molar-refractivity contribution in [3.8, 4) is 11.8 Å². The first-order valence-corrected chi connectivity index (χ1v) is 10.2. The maximum atomic E-state index is 9.31. The first-order valence-electron chi connectivity index (χ1n) is 9.44. The number of piperazine rings is 1. The van der Waals surface area contributed by atoms with Gasteiger partial charge in [0, 0.05) is 49.8 Å². The molecule has 2 aromatic heterocycles. The molecular formula is C21H21ClN6S. The van der Waals surface area contributed by atoms with Crippen LogP contribution in [0.25, 0.3) is 5.69 Å². The Morgan fingerprint density at radius 3 is 2.69 bits per heavy atom. The van der Waals surface area contributed by atoms with Crippen LogP contribution in [0.3, 0.4) is 0 Å². The highest BCUT2D eigenvalue weighted by molar-refractivity contribution is 7.71. The van der Waals surface area contributed by atoms with Gasteiger partial charge in [-0.15, -0.1) is 0 Å². The monoisotopic (exact) mass is 424 g/mol. The van der Waals surface area contributed by atoms with Gasteiger partial charge >= 0.3 is 0 Å². The van der Waals surface area contributed by atoms with E-state index in [4.69, 9.17) is 23.8 Å². The van der Waals surface area contributed by atoms with Crippen LogP contribution in [0.15, 0.2) is 48.9 Å². The zero-order valence-corrected chi connectivity index (χ0v) is 17.7. The fourth-order valence-corrected chi connectivity index (χ4v) is 4.06. The van der Waals surface area contributed by atoms with Crippen LogP contribution in [0.5, 0.6) is 0 Å². The summed E-state index contributed by atoms with van der Waals surface area (Å²) in [5.74, 6) is 0.772. The first-order chi connectivity index (χ1) is 14.1. The minimum absolute atomic E-state index is 0.622. The molecule has 4 rings (SSSR count). The minimum Gasteiger partial charge on any atom is -0.353 e. The number of aromatic nitrogens is 3. The quantitative estimate of drug-likeness (QED) is 0.592. The molecule has 0 aliphatic carbocycles. The van der Waals surface area contributed by atoms with E-state index >= 15 is 0 Å². The summed E-state index contributed by atoms with van der Waals surface area (Å²) >= 11 is 12.0. The largest absolute Gasteiger partial charge is 0.353 e. The number of rotatable bonds is 4. The Balaban J connectivity index is 1.46. The second kappa shape index (κ2) is 8.37. The highest BCUT2D eigenvalue weighted by Crippen LogP contribution is 2.23. The lowest BCUT2D eigenvalue weighted by atomic mass is 10.2. The maximum absolute atomic E-state index is 9.31. The molecule has 3 heterocycles. The summed E-state index contributed by atoms with van der Waals surface area (Å²) in [5.41, 5.74) is 2.64. The van der Waals surface area contributed by atoms with Gasteiger partial charge in [-0.05, 0) is 49.0 Å². The van der Waals surface area contributed by atoms with Crippen LogP contribution < -0.4 is 4.90 Å². The van der Waals surface area contributed by atoms with Gasteiger partial charge in [0.25, 0.3) is 0 Å². The van der Waals surface area contributed by atoms with E-state index in [0.717, 1.165) is 59.7 Å². The van der Waals surface area contributed by atoms with Crippen LogP contribution in [-0.4, -0.2) is 45.2 Å². The molecule has 29 heavy (non-hydrogen) atoms. The molecule has 148 valence electrons. The summed E-state index contributed by atoms with van der Waals surface area (Å²) in [6, 6.07) is 11.7. The van der Waals surface area contributed by atoms with Crippen molar-refractivity contribution in [2.45, 2.75) is 13.6 Å². The average Bonchev–Trinajstić information content (AvgIpc) is 3.10. The number of hydrogen-bond acceptors (Lipinski definition) is 5. The third kappa shape index (κ3) is 3.92. The van der Waals surface area contributed by atoms with Gasteiger partial charge in [-0.25, -0.2) is 4.98 Å². The molecule has 1 aliphatic heterocycles. The Morgan fingerprint density at radius 2 is 1.93 bits per heavy atom. The van der Waals surface area contributed by atoms with Gasteiger partial charge in [-0.2, -0.15) is 5.26 Å². The molecule has 0 amide bonds. The predicted octanol–water partition coefficient (Wildman–Crippen LogP) is 4.02. The van der Waals surface area contributed by atoms with Crippen molar-refractivity contribution in [2.75, 3.05) is 31.1 Å². The number of nitrogens with zero attached hydrogens (tertiary/aromatic N) is 6. The summed E-state index contributed by atoms with van der Waals surface area (Å²) in [4.78, 5) is 8.93. The summed E-state index contributed by atoms with van der Waals surface area (Å²) < 4.78 is 4.82. The molecule has 6 nitrogen and oxygen atoms in total. The molecule has 1 saturated heterocycles. The Labute approximate surface area is 180 Å². The van der Waals surface area contributed by atoms with Crippen molar-refractivity contribution in [1.29, 1.82) is 5.26 Å². The minimum atomic E-state index is 0.622. The lowest BCUT2D eigenvalue weighted by molar-refractivity contribution is 0.204. The van der Waals surface area contributed by atoms with Gasteiger partial charge in [-0.1, -0.05) is 17.7 Å². The summed E-state index contributed by atoms with van der Waals surface area (Å²) in [5, 5.41) is 10.0.